The van der Waals surface area contributed by atoms with Crippen LogP contribution in [0.15, 0.2) is 45.5 Å². The molecule has 19 heavy (non-hydrogen) atoms. The number of ether oxygens (including phenoxy) is 1. The van der Waals surface area contributed by atoms with Gasteiger partial charge in [0, 0.05) is 7.05 Å². The highest BCUT2D eigenvalue weighted by Gasteiger charge is 2.15. The van der Waals surface area contributed by atoms with Crippen molar-refractivity contribution in [2.45, 2.75) is 6.54 Å². The Bertz CT molecular complexity index is 580. The first-order chi connectivity index (χ1) is 9.11. The summed E-state index contributed by atoms with van der Waals surface area (Å²) in [6.07, 6.45) is 0. The second kappa shape index (κ2) is 5.93. The van der Waals surface area contributed by atoms with E-state index < -0.39 is 0 Å². The van der Waals surface area contributed by atoms with E-state index in [2.05, 4.69) is 15.9 Å². The van der Waals surface area contributed by atoms with Crippen molar-refractivity contribution in [1.82, 2.24) is 0 Å². The number of nitrogens with zero attached hydrogens (tertiary/aromatic N) is 1. The van der Waals surface area contributed by atoms with Crippen LogP contribution in [0.1, 0.15) is 16.1 Å². The number of carbonyl (C=O) groups is 1. The number of methoxy groups -OCH3 is 1. The van der Waals surface area contributed by atoms with Crippen molar-refractivity contribution in [3.63, 3.8) is 0 Å². The molecule has 1 aromatic heterocycles. The molecule has 1 heterocycles. The van der Waals surface area contributed by atoms with Gasteiger partial charge >= 0.3 is 5.97 Å². The summed E-state index contributed by atoms with van der Waals surface area (Å²) in [7, 11) is 3.28. The highest BCUT2D eigenvalue weighted by Crippen LogP contribution is 2.23. The van der Waals surface area contributed by atoms with E-state index in [4.69, 9.17) is 9.15 Å². The van der Waals surface area contributed by atoms with Gasteiger partial charge in [-0.05, 0) is 40.2 Å². The zero-order chi connectivity index (χ0) is 13.8. The molecule has 0 N–H and O–H groups in total. The third kappa shape index (κ3) is 3.17. The predicted molar refractivity (Wildman–Crippen MR) is 76.3 cm³/mol. The van der Waals surface area contributed by atoms with Gasteiger partial charge in [0.25, 0.3) is 0 Å². The third-order valence-corrected chi connectivity index (χ3v) is 3.17. The average molecular weight is 324 g/mol. The van der Waals surface area contributed by atoms with Gasteiger partial charge in [-0.3, -0.25) is 0 Å². The van der Waals surface area contributed by atoms with E-state index in [1.807, 2.05) is 42.3 Å². The molecule has 0 amide bonds. The van der Waals surface area contributed by atoms with Crippen LogP contribution in [0, 0.1) is 0 Å². The maximum Gasteiger partial charge on any atom is 0.339 e. The number of anilines is 1. The number of halogens is 1. The summed E-state index contributed by atoms with van der Waals surface area (Å²) in [6.45, 7) is 0.569. The zero-order valence-electron chi connectivity index (χ0n) is 10.7. The van der Waals surface area contributed by atoms with Crippen LogP contribution >= 0.6 is 15.9 Å². The molecule has 100 valence electrons. The summed E-state index contributed by atoms with van der Waals surface area (Å²) in [4.78, 5) is 13.7. The molecule has 0 bridgehead atoms. The number of hydrogen-bond acceptors (Lipinski definition) is 4. The van der Waals surface area contributed by atoms with Gasteiger partial charge in [-0.1, -0.05) is 12.1 Å². The molecule has 2 rings (SSSR count). The molecule has 0 aliphatic rings. The van der Waals surface area contributed by atoms with E-state index >= 15 is 0 Å². The molecule has 0 atom stereocenters. The summed E-state index contributed by atoms with van der Waals surface area (Å²) in [5, 5.41) is 0. The number of para-hydroxylation sites is 1. The van der Waals surface area contributed by atoms with E-state index in [1.165, 1.54) is 7.11 Å². The van der Waals surface area contributed by atoms with E-state index in [-0.39, 0.29) is 5.97 Å². The van der Waals surface area contributed by atoms with Gasteiger partial charge in [0.15, 0.2) is 4.67 Å². The number of carbonyl (C=O) groups excluding carboxylic acids is 1. The lowest BCUT2D eigenvalue weighted by Gasteiger charge is -2.20. The summed E-state index contributed by atoms with van der Waals surface area (Å²) < 4.78 is 10.9. The Morgan fingerprint density at radius 2 is 2.05 bits per heavy atom. The first kappa shape index (κ1) is 13.7. The number of hydrogen-bond donors (Lipinski definition) is 0. The molecular weight excluding hydrogens is 310 g/mol. The van der Waals surface area contributed by atoms with Gasteiger partial charge in [0.2, 0.25) is 0 Å². The van der Waals surface area contributed by atoms with Crippen molar-refractivity contribution >= 4 is 27.6 Å². The lowest BCUT2D eigenvalue weighted by molar-refractivity contribution is 0.0601. The van der Waals surface area contributed by atoms with Crippen molar-refractivity contribution in [2.24, 2.45) is 0 Å². The number of rotatable bonds is 4. The van der Waals surface area contributed by atoms with Crippen molar-refractivity contribution < 1.29 is 13.9 Å². The first-order valence-corrected chi connectivity index (χ1v) is 6.54. The fourth-order valence-corrected chi connectivity index (χ4v) is 2.18. The summed E-state index contributed by atoms with van der Waals surface area (Å²) in [5.41, 5.74) is 1.35. The average Bonchev–Trinajstić information content (AvgIpc) is 2.83. The molecule has 0 radical (unpaired) electrons. The van der Waals surface area contributed by atoms with Crippen molar-refractivity contribution in [1.29, 1.82) is 0 Å². The Kier molecular flexibility index (Phi) is 4.27. The minimum absolute atomic E-state index is 0.344. The minimum Gasteiger partial charge on any atom is -0.465 e. The Hall–Kier alpha value is -1.75. The Morgan fingerprint density at radius 3 is 2.68 bits per heavy atom. The number of benzene rings is 1. The van der Waals surface area contributed by atoms with Crippen LogP contribution in [0.4, 0.5) is 5.69 Å². The normalized spacial score (nSPS) is 10.3. The molecule has 0 spiro atoms. The molecule has 4 nitrogen and oxygen atoms in total. The molecule has 0 saturated heterocycles. The monoisotopic (exact) mass is 323 g/mol. The van der Waals surface area contributed by atoms with Gasteiger partial charge in [0.1, 0.15) is 5.76 Å². The fraction of sp³-hybridized carbons (Fsp3) is 0.214. The van der Waals surface area contributed by atoms with E-state index in [0.717, 1.165) is 11.4 Å². The van der Waals surface area contributed by atoms with Crippen LogP contribution in [-0.2, 0) is 11.3 Å². The Labute approximate surface area is 120 Å². The Balaban J connectivity index is 2.23. The second-order valence-electron chi connectivity index (χ2n) is 4.07. The van der Waals surface area contributed by atoms with Crippen LogP contribution in [0.25, 0.3) is 0 Å². The number of esters is 1. The molecular formula is C14H14BrNO3. The van der Waals surface area contributed by atoms with Gasteiger partial charge < -0.3 is 14.1 Å². The van der Waals surface area contributed by atoms with Gasteiger partial charge in [-0.15, -0.1) is 0 Å². The summed E-state index contributed by atoms with van der Waals surface area (Å²) in [5.74, 6) is 0.470. The molecule has 0 unspecified atom stereocenters. The van der Waals surface area contributed by atoms with E-state index in [9.17, 15) is 4.79 Å². The van der Waals surface area contributed by atoms with Gasteiger partial charge in [-0.25, -0.2) is 4.79 Å². The minimum atomic E-state index is -0.344. The summed E-state index contributed by atoms with van der Waals surface area (Å²) >= 11 is 3.27. The molecule has 0 fully saturated rings. The molecule has 5 heteroatoms. The van der Waals surface area contributed by atoms with E-state index in [1.54, 1.807) is 6.07 Å². The smallest absolute Gasteiger partial charge is 0.339 e. The van der Waals surface area contributed by atoms with Gasteiger partial charge in [0.05, 0.1) is 24.9 Å². The quantitative estimate of drug-likeness (QED) is 0.808. The predicted octanol–water partition coefficient (Wildman–Crippen LogP) is 3.47. The zero-order valence-corrected chi connectivity index (χ0v) is 12.3. The third-order valence-electron chi connectivity index (χ3n) is 2.74. The fourth-order valence-electron chi connectivity index (χ4n) is 1.84. The highest BCUT2D eigenvalue weighted by molar-refractivity contribution is 9.10. The lowest BCUT2D eigenvalue weighted by Crippen LogP contribution is -2.19. The highest BCUT2D eigenvalue weighted by atomic mass is 79.9. The van der Waals surface area contributed by atoms with Crippen LogP contribution in [-0.4, -0.2) is 20.1 Å². The second-order valence-corrected chi connectivity index (χ2v) is 4.85. The summed E-state index contributed by atoms with van der Waals surface area (Å²) in [6, 6.07) is 11.1. The van der Waals surface area contributed by atoms with Crippen LogP contribution < -0.4 is 4.90 Å². The van der Waals surface area contributed by atoms with E-state index in [0.29, 0.717) is 16.8 Å². The van der Waals surface area contributed by atoms with Crippen LogP contribution in [0.2, 0.25) is 0 Å². The molecule has 0 aliphatic heterocycles. The Morgan fingerprint density at radius 1 is 1.32 bits per heavy atom. The SMILES string of the molecule is COC(=O)c1ccccc1N(C)Cc1ccc(Br)o1. The van der Waals surface area contributed by atoms with Crippen molar-refractivity contribution in [3.05, 3.63) is 52.4 Å². The largest absolute Gasteiger partial charge is 0.465 e. The maximum absolute atomic E-state index is 11.7. The number of furan rings is 1. The van der Waals surface area contributed by atoms with Crippen molar-refractivity contribution in [3.8, 4) is 0 Å². The molecule has 0 saturated carbocycles. The topological polar surface area (TPSA) is 42.7 Å². The maximum atomic E-state index is 11.7. The van der Waals surface area contributed by atoms with Crippen LogP contribution in [0.3, 0.4) is 0 Å². The molecule has 2 aromatic rings. The van der Waals surface area contributed by atoms with Gasteiger partial charge in [-0.2, -0.15) is 0 Å². The molecule has 0 aliphatic carbocycles. The van der Waals surface area contributed by atoms with Crippen LogP contribution in [0.5, 0.6) is 0 Å². The standard InChI is InChI=1S/C14H14BrNO3/c1-16(9-10-7-8-13(15)19-10)12-6-4-3-5-11(12)14(17)18-2/h3-8H,9H2,1-2H3. The first-order valence-electron chi connectivity index (χ1n) is 5.74. The van der Waals surface area contributed by atoms with Crippen molar-refractivity contribution in [2.75, 3.05) is 19.1 Å². The lowest BCUT2D eigenvalue weighted by atomic mass is 10.1. The molecule has 1 aromatic carbocycles.